The molecule has 0 saturated carbocycles. The van der Waals surface area contributed by atoms with E-state index in [2.05, 4.69) is 25.1 Å². The van der Waals surface area contributed by atoms with Gasteiger partial charge in [0.2, 0.25) is 0 Å². The molecule has 0 aliphatic carbocycles. The minimum Gasteiger partial charge on any atom is -0.377 e. The fraction of sp³-hybridized carbons (Fsp3) is 0.278. The number of nitriles is 1. The number of hydrogen-bond donors (Lipinski definition) is 0. The lowest BCUT2D eigenvalue weighted by molar-refractivity contribution is 0.118. The van der Waals surface area contributed by atoms with Crippen molar-refractivity contribution >= 4 is 0 Å². The zero-order valence-electron chi connectivity index (χ0n) is 11.8. The van der Waals surface area contributed by atoms with E-state index in [0.717, 1.165) is 25.0 Å². The molecule has 0 bridgehead atoms. The molecule has 0 aromatic heterocycles. The van der Waals surface area contributed by atoms with Crippen LogP contribution in [-0.4, -0.2) is 6.61 Å². The molecule has 0 N–H and O–H groups in total. The molecule has 0 fully saturated rings. The van der Waals surface area contributed by atoms with Crippen molar-refractivity contribution in [1.29, 1.82) is 5.26 Å². The Morgan fingerprint density at radius 3 is 2.65 bits per heavy atom. The lowest BCUT2D eigenvalue weighted by Gasteiger charge is -2.07. The number of rotatable bonds is 6. The van der Waals surface area contributed by atoms with Crippen LogP contribution in [0.15, 0.2) is 48.5 Å². The average molecular weight is 265 g/mol. The minimum atomic E-state index is 0.665. The summed E-state index contributed by atoms with van der Waals surface area (Å²) in [5.41, 5.74) is 4.42. The van der Waals surface area contributed by atoms with Crippen molar-refractivity contribution in [2.45, 2.75) is 26.4 Å². The van der Waals surface area contributed by atoms with Crippen molar-refractivity contribution in [3.63, 3.8) is 0 Å². The fourth-order valence-electron chi connectivity index (χ4n) is 2.14. The highest BCUT2D eigenvalue weighted by Gasteiger charge is 2.01. The smallest absolute Gasteiger partial charge is 0.0991 e. The molecule has 0 unspecified atom stereocenters. The van der Waals surface area contributed by atoms with Crippen LogP contribution in [-0.2, 0) is 17.8 Å². The maximum Gasteiger partial charge on any atom is 0.0991 e. The van der Waals surface area contributed by atoms with Gasteiger partial charge in [0.15, 0.2) is 0 Å². The van der Waals surface area contributed by atoms with E-state index in [9.17, 15) is 0 Å². The summed E-state index contributed by atoms with van der Waals surface area (Å²) in [6, 6.07) is 18.2. The van der Waals surface area contributed by atoms with Crippen LogP contribution in [0.4, 0.5) is 0 Å². The van der Waals surface area contributed by atoms with Gasteiger partial charge in [-0.05, 0) is 48.6 Å². The van der Waals surface area contributed by atoms with Gasteiger partial charge >= 0.3 is 0 Å². The normalized spacial score (nSPS) is 10.2. The van der Waals surface area contributed by atoms with Crippen LogP contribution in [0.5, 0.6) is 0 Å². The van der Waals surface area contributed by atoms with Crippen LogP contribution in [0.1, 0.15) is 28.7 Å². The maximum atomic E-state index is 8.91. The summed E-state index contributed by atoms with van der Waals surface area (Å²) in [5, 5.41) is 8.91. The van der Waals surface area contributed by atoms with Crippen molar-refractivity contribution in [2.24, 2.45) is 0 Å². The van der Waals surface area contributed by atoms with E-state index >= 15 is 0 Å². The molecule has 0 radical (unpaired) electrons. The third kappa shape index (κ3) is 4.22. The first-order valence-electron chi connectivity index (χ1n) is 6.91. The highest BCUT2D eigenvalue weighted by atomic mass is 16.5. The summed E-state index contributed by atoms with van der Waals surface area (Å²) < 4.78 is 5.67. The highest BCUT2D eigenvalue weighted by molar-refractivity contribution is 5.37. The summed E-state index contributed by atoms with van der Waals surface area (Å²) in [6.07, 6.45) is 1.93. The highest BCUT2D eigenvalue weighted by Crippen LogP contribution is 2.13. The largest absolute Gasteiger partial charge is 0.377 e. The molecular formula is C18H19NO. The van der Waals surface area contributed by atoms with Gasteiger partial charge in [0, 0.05) is 6.61 Å². The summed E-state index contributed by atoms with van der Waals surface area (Å²) >= 11 is 0. The van der Waals surface area contributed by atoms with Gasteiger partial charge in [-0.15, -0.1) is 0 Å². The third-order valence-electron chi connectivity index (χ3n) is 3.32. The van der Waals surface area contributed by atoms with E-state index in [0.29, 0.717) is 6.61 Å². The van der Waals surface area contributed by atoms with Crippen LogP contribution in [0.2, 0.25) is 0 Å². The standard InChI is InChI=1S/C18H19NO/c1-15-9-10-17(13-19)12-18(15)8-5-11-20-14-16-6-3-2-4-7-16/h2-4,6-7,9-10,12H,5,8,11,14H2,1H3. The first-order chi connectivity index (χ1) is 9.79. The van der Waals surface area contributed by atoms with Gasteiger partial charge in [0.25, 0.3) is 0 Å². The van der Waals surface area contributed by atoms with Gasteiger partial charge in [-0.1, -0.05) is 36.4 Å². The van der Waals surface area contributed by atoms with E-state index in [1.807, 2.05) is 36.4 Å². The number of benzene rings is 2. The first kappa shape index (κ1) is 14.3. The fourth-order valence-corrected chi connectivity index (χ4v) is 2.14. The second kappa shape index (κ2) is 7.47. The van der Waals surface area contributed by atoms with E-state index in [-0.39, 0.29) is 0 Å². The number of nitrogens with zero attached hydrogens (tertiary/aromatic N) is 1. The Balaban J connectivity index is 1.75. The zero-order valence-corrected chi connectivity index (χ0v) is 11.8. The molecule has 20 heavy (non-hydrogen) atoms. The molecule has 0 aliphatic heterocycles. The second-order valence-corrected chi connectivity index (χ2v) is 4.89. The van der Waals surface area contributed by atoms with Crippen LogP contribution in [0.3, 0.4) is 0 Å². The summed E-state index contributed by atoms with van der Waals surface area (Å²) in [4.78, 5) is 0. The van der Waals surface area contributed by atoms with Crippen LogP contribution in [0, 0.1) is 18.3 Å². The molecule has 2 heteroatoms. The van der Waals surface area contributed by atoms with Gasteiger partial charge in [-0.3, -0.25) is 0 Å². The molecule has 2 aromatic rings. The molecule has 0 aliphatic rings. The van der Waals surface area contributed by atoms with Crippen molar-refractivity contribution in [3.05, 3.63) is 70.8 Å². The van der Waals surface area contributed by atoms with Crippen molar-refractivity contribution in [3.8, 4) is 6.07 Å². The zero-order chi connectivity index (χ0) is 14.2. The van der Waals surface area contributed by atoms with Crippen molar-refractivity contribution in [2.75, 3.05) is 6.61 Å². The number of ether oxygens (including phenoxy) is 1. The molecular weight excluding hydrogens is 246 g/mol. The monoisotopic (exact) mass is 265 g/mol. The van der Waals surface area contributed by atoms with E-state index in [1.165, 1.54) is 16.7 Å². The Morgan fingerprint density at radius 2 is 1.90 bits per heavy atom. The van der Waals surface area contributed by atoms with E-state index in [1.54, 1.807) is 0 Å². The molecule has 0 atom stereocenters. The first-order valence-corrected chi connectivity index (χ1v) is 6.91. The summed E-state index contributed by atoms with van der Waals surface area (Å²) in [5.74, 6) is 0. The molecule has 2 rings (SSSR count). The van der Waals surface area contributed by atoms with Gasteiger partial charge in [-0.25, -0.2) is 0 Å². The van der Waals surface area contributed by atoms with E-state index < -0.39 is 0 Å². The van der Waals surface area contributed by atoms with Gasteiger partial charge < -0.3 is 4.74 Å². The van der Waals surface area contributed by atoms with Crippen molar-refractivity contribution < 1.29 is 4.74 Å². The average Bonchev–Trinajstić information content (AvgIpc) is 2.50. The minimum absolute atomic E-state index is 0.665. The lowest BCUT2D eigenvalue weighted by atomic mass is 10.0. The van der Waals surface area contributed by atoms with Crippen LogP contribution < -0.4 is 0 Å². The van der Waals surface area contributed by atoms with Gasteiger partial charge in [-0.2, -0.15) is 5.26 Å². The SMILES string of the molecule is Cc1ccc(C#N)cc1CCCOCc1ccccc1. The third-order valence-corrected chi connectivity index (χ3v) is 3.32. The quantitative estimate of drug-likeness (QED) is 0.739. The predicted molar refractivity (Wildman–Crippen MR) is 80.3 cm³/mol. The Bertz CT molecular complexity index is 584. The Hall–Kier alpha value is -2.11. The van der Waals surface area contributed by atoms with Crippen molar-refractivity contribution in [1.82, 2.24) is 0 Å². The molecule has 2 nitrogen and oxygen atoms in total. The predicted octanol–water partition coefficient (Wildman–Crippen LogP) is 4.02. The van der Waals surface area contributed by atoms with Gasteiger partial charge in [0.1, 0.15) is 0 Å². The topological polar surface area (TPSA) is 33.0 Å². The summed E-state index contributed by atoms with van der Waals surface area (Å²) in [6.45, 7) is 3.49. The summed E-state index contributed by atoms with van der Waals surface area (Å²) in [7, 11) is 0. The molecule has 0 heterocycles. The number of hydrogen-bond acceptors (Lipinski definition) is 2. The molecule has 102 valence electrons. The van der Waals surface area contributed by atoms with E-state index in [4.69, 9.17) is 10.00 Å². The Kier molecular flexibility index (Phi) is 5.34. The number of aryl methyl sites for hydroxylation is 2. The van der Waals surface area contributed by atoms with Gasteiger partial charge in [0.05, 0.1) is 18.2 Å². The van der Waals surface area contributed by atoms with Crippen LogP contribution >= 0.6 is 0 Å². The second-order valence-electron chi connectivity index (χ2n) is 4.89. The Labute approximate surface area is 120 Å². The molecule has 2 aromatic carbocycles. The molecule has 0 saturated heterocycles. The van der Waals surface area contributed by atoms with Crippen LogP contribution in [0.25, 0.3) is 0 Å². The maximum absolute atomic E-state index is 8.91. The molecule has 0 spiro atoms. The lowest BCUT2D eigenvalue weighted by Crippen LogP contribution is -1.99. The molecule has 0 amide bonds. The Morgan fingerprint density at radius 1 is 1.10 bits per heavy atom.